The summed E-state index contributed by atoms with van der Waals surface area (Å²) in [4.78, 5) is 0. The van der Waals surface area contributed by atoms with Gasteiger partial charge in [0, 0.05) is 13.2 Å². The van der Waals surface area contributed by atoms with Crippen LogP contribution in [0, 0.1) is 23.7 Å². The number of hydrogen-bond acceptors (Lipinski definition) is 4. The molecule has 6 unspecified atom stereocenters. The van der Waals surface area contributed by atoms with Crippen LogP contribution >= 0.6 is 0 Å². The highest BCUT2D eigenvalue weighted by molar-refractivity contribution is 4.80. The van der Waals surface area contributed by atoms with Gasteiger partial charge in [-0.05, 0) is 62.2 Å². The van der Waals surface area contributed by atoms with Gasteiger partial charge in [-0.2, -0.15) is 0 Å². The maximum atomic E-state index is 9.86. The maximum Gasteiger partial charge on any atom is 0.0836 e. The molecule has 4 heteroatoms. The molecule has 0 aromatic rings. The second-order valence-electron chi connectivity index (χ2n) is 9.84. The van der Waals surface area contributed by atoms with Crippen molar-refractivity contribution in [2.75, 3.05) is 13.2 Å². The maximum absolute atomic E-state index is 9.86. The van der Waals surface area contributed by atoms with Gasteiger partial charge in [0.15, 0.2) is 0 Å². The number of ether oxygens (including phenoxy) is 2. The van der Waals surface area contributed by atoms with Crippen LogP contribution in [-0.4, -0.2) is 47.8 Å². The summed E-state index contributed by atoms with van der Waals surface area (Å²) >= 11 is 0. The van der Waals surface area contributed by atoms with E-state index < -0.39 is 0 Å². The van der Waals surface area contributed by atoms with E-state index in [-0.39, 0.29) is 24.4 Å². The highest BCUT2D eigenvalue weighted by Gasteiger charge is 2.29. The Morgan fingerprint density at radius 1 is 0.679 bits per heavy atom. The van der Waals surface area contributed by atoms with Gasteiger partial charge in [-0.15, -0.1) is 0 Å². The summed E-state index contributed by atoms with van der Waals surface area (Å²) in [6, 6.07) is 0. The summed E-state index contributed by atoms with van der Waals surface area (Å²) in [7, 11) is 0. The fourth-order valence-corrected chi connectivity index (χ4v) is 4.15. The smallest absolute Gasteiger partial charge is 0.0836 e. The molecule has 2 aliphatic rings. The van der Waals surface area contributed by atoms with Gasteiger partial charge >= 0.3 is 0 Å². The van der Waals surface area contributed by atoms with E-state index >= 15 is 0 Å². The summed E-state index contributed by atoms with van der Waals surface area (Å²) in [5.74, 6) is 2.59. The first-order valence-corrected chi connectivity index (χ1v) is 11.9. The molecule has 2 rings (SSSR count). The first-order valence-electron chi connectivity index (χ1n) is 11.9. The Morgan fingerprint density at radius 3 is 1.68 bits per heavy atom. The topological polar surface area (TPSA) is 58.9 Å². The van der Waals surface area contributed by atoms with Crippen LogP contribution in [0.15, 0.2) is 0 Å². The fourth-order valence-electron chi connectivity index (χ4n) is 4.15. The summed E-state index contributed by atoms with van der Waals surface area (Å²) in [6.07, 6.45) is 8.45. The van der Waals surface area contributed by atoms with Gasteiger partial charge in [0.1, 0.15) is 0 Å². The van der Waals surface area contributed by atoms with Crippen molar-refractivity contribution in [3.63, 3.8) is 0 Å². The van der Waals surface area contributed by atoms with E-state index in [2.05, 4.69) is 41.5 Å². The lowest BCUT2D eigenvalue weighted by molar-refractivity contribution is -0.0784. The van der Waals surface area contributed by atoms with Crippen molar-refractivity contribution in [1.29, 1.82) is 0 Å². The third-order valence-corrected chi connectivity index (χ3v) is 6.17. The Hall–Kier alpha value is -0.160. The van der Waals surface area contributed by atoms with Crippen molar-refractivity contribution >= 4 is 0 Å². The van der Waals surface area contributed by atoms with Crippen molar-refractivity contribution in [3.05, 3.63) is 0 Å². The molecule has 0 aliphatic heterocycles. The molecule has 2 fully saturated rings. The van der Waals surface area contributed by atoms with Crippen LogP contribution in [0.2, 0.25) is 0 Å². The lowest BCUT2D eigenvalue weighted by atomic mass is 9.84. The van der Waals surface area contributed by atoms with Crippen LogP contribution in [0.25, 0.3) is 0 Å². The van der Waals surface area contributed by atoms with Crippen LogP contribution in [0.4, 0.5) is 0 Å². The van der Waals surface area contributed by atoms with Gasteiger partial charge in [0.05, 0.1) is 24.4 Å². The molecule has 4 nitrogen and oxygen atoms in total. The third kappa shape index (κ3) is 10.0. The van der Waals surface area contributed by atoms with E-state index in [1.807, 2.05) is 0 Å². The molecule has 0 bridgehead atoms. The van der Waals surface area contributed by atoms with Crippen LogP contribution in [-0.2, 0) is 9.47 Å². The Labute approximate surface area is 174 Å². The van der Waals surface area contributed by atoms with Gasteiger partial charge in [-0.1, -0.05) is 54.4 Å². The Kier molecular flexibility index (Phi) is 12.9. The highest BCUT2D eigenvalue weighted by atomic mass is 16.5. The molecular weight excluding hydrogens is 352 g/mol. The molecule has 0 saturated heterocycles. The lowest BCUT2D eigenvalue weighted by Crippen LogP contribution is -2.36. The largest absolute Gasteiger partial charge is 0.390 e. The van der Waals surface area contributed by atoms with Crippen molar-refractivity contribution in [2.24, 2.45) is 23.7 Å². The molecule has 0 spiro atoms. The van der Waals surface area contributed by atoms with Crippen molar-refractivity contribution in [2.45, 2.75) is 117 Å². The molecule has 168 valence electrons. The summed E-state index contributed by atoms with van der Waals surface area (Å²) in [5.41, 5.74) is 0. The van der Waals surface area contributed by atoms with Crippen molar-refractivity contribution in [3.8, 4) is 0 Å². The van der Waals surface area contributed by atoms with E-state index in [4.69, 9.17) is 9.47 Å². The number of hydrogen-bond donors (Lipinski definition) is 2. The molecule has 0 aromatic heterocycles. The summed E-state index contributed by atoms with van der Waals surface area (Å²) in [6.45, 7) is 14.6. The number of aliphatic hydroxyl groups excluding tert-OH is 2. The zero-order chi connectivity index (χ0) is 21.1. The normalized spacial score (nSPS) is 33.6. The van der Waals surface area contributed by atoms with Gasteiger partial charge in [-0.25, -0.2) is 0 Å². The van der Waals surface area contributed by atoms with Gasteiger partial charge < -0.3 is 19.7 Å². The van der Waals surface area contributed by atoms with Crippen LogP contribution in [0.5, 0.6) is 0 Å². The minimum absolute atomic E-state index is 0.0936. The number of aliphatic hydroxyl groups is 2. The lowest BCUT2D eigenvalue weighted by Gasteiger charge is -2.33. The quantitative estimate of drug-likeness (QED) is 0.588. The van der Waals surface area contributed by atoms with Crippen LogP contribution in [0.3, 0.4) is 0 Å². The first-order chi connectivity index (χ1) is 13.3. The number of rotatable bonds is 8. The molecule has 28 heavy (non-hydrogen) atoms. The zero-order valence-corrected chi connectivity index (χ0v) is 19.4. The molecule has 0 aromatic carbocycles. The Balaban J connectivity index is 0.000000280. The van der Waals surface area contributed by atoms with Crippen LogP contribution in [0.1, 0.15) is 92.9 Å². The second kappa shape index (κ2) is 14.0. The predicted octanol–water partition coefficient (Wildman–Crippen LogP) is 5.20. The van der Waals surface area contributed by atoms with E-state index in [1.54, 1.807) is 0 Å². The van der Waals surface area contributed by atoms with Crippen molar-refractivity contribution in [1.82, 2.24) is 0 Å². The zero-order valence-electron chi connectivity index (χ0n) is 19.4. The monoisotopic (exact) mass is 400 g/mol. The van der Waals surface area contributed by atoms with E-state index in [0.717, 1.165) is 44.8 Å². The van der Waals surface area contributed by atoms with E-state index in [0.29, 0.717) is 17.8 Å². The fraction of sp³-hybridized carbons (Fsp3) is 1.00. The van der Waals surface area contributed by atoms with E-state index in [1.165, 1.54) is 25.7 Å². The molecular formula is C24H48O4. The minimum atomic E-state index is -0.229. The molecule has 2 aliphatic carbocycles. The van der Waals surface area contributed by atoms with Gasteiger partial charge in [-0.3, -0.25) is 0 Å². The average Bonchev–Trinajstić information content (AvgIpc) is 2.66. The molecule has 6 atom stereocenters. The molecule has 2 saturated carbocycles. The molecule has 0 heterocycles. The van der Waals surface area contributed by atoms with Crippen LogP contribution < -0.4 is 0 Å². The van der Waals surface area contributed by atoms with E-state index in [9.17, 15) is 10.2 Å². The second-order valence-corrected chi connectivity index (χ2v) is 9.84. The van der Waals surface area contributed by atoms with Gasteiger partial charge in [0.25, 0.3) is 0 Å². The highest BCUT2D eigenvalue weighted by Crippen LogP contribution is 2.29. The molecule has 2 N–H and O–H groups in total. The molecule has 0 amide bonds. The first kappa shape index (κ1) is 25.9. The Bertz CT molecular complexity index is 385. The third-order valence-electron chi connectivity index (χ3n) is 6.17. The summed E-state index contributed by atoms with van der Waals surface area (Å²) < 4.78 is 11.4. The van der Waals surface area contributed by atoms with Gasteiger partial charge in [0.2, 0.25) is 0 Å². The Morgan fingerprint density at radius 2 is 1.18 bits per heavy atom. The average molecular weight is 401 g/mol. The summed E-state index contributed by atoms with van der Waals surface area (Å²) in [5, 5.41) is 19.6. The standard InChI is InChI=1S/2C12H24O2/c1-4-10-5-6-12(11(13)7-10)14-8-9(2)3;1-4-10-5-6-11(13)12(7-10)14-8-9(2)3/h2*9-13H,4-8H2,1-3H3. The predicted molar refractivity (Wildman–Crippen MR) is 116 cm³/mol. The van der Waals surface area contributed by atoms with Crippen molar-refractivity contribution < 1.29 is 19.7 Å². The molecule has 0 radical (unpaired) electrons. The minimum Gasteiger partial charge on any atom is -0.390 e. The SMILES string of the molecule is CCC1CCC(O)C(OCC(C)C)C1.CCC1CCC(OCC(C)C)C(O)C1.